The summed E-state index contributed by atoms with van der Waals surface area (Å²) in [4.78, 5) is 0. The van der Waals surface area contributed by atoms with Gasteiger partial charge < -0.3 is 14.8 Å². The van der Waals surface area contributed by atoms with Crippen LogP contribution in [-0.4, -0.2) is 12.6 Å². The maximum absolute atomic E-state index is 5.80. The van der Waals surface area contributed by atoms with Crippen molar-refractivity contribution in [1.82, 2.24) is 0 Å². The molecular weight excluding hydrogens is 250 g/mol. The zero-order valence-corrected chi connectivity index (χ0v) is 12.4. The van der Waals surface area contributed by atoms with E-state index in [4.69, 9.17) is 9.47 Å². The van der Waals surface area contributed by atoms with E-state index in [0.717, 1.165) is 22.9 Å². The van der Waals surface area contributed by atoms with E-state index in [1.807, 2.05) is 48.5 Å². The van der Waals surface area contributed by atoms with Crippen LogP contribution in [0.3, 0.4) is 0 Å². The molecule has 0 heterocycles. The molecule has 0 aliphatic heterocycles. The highest BCUT2D eigenvalue weighted by molar-refractivity contribution is 5.48. The van der Waals surface area contributed by atoms with Gasteiger partial charge in [-0.25, -0.2) is 0 Å². The van der Waals surface area contributed by atoms with Crippen LogP contribution in [0, 0.1) is 0 Å². The Morgan fingerprint density at radius 1 is 0.850 bits per heavy atom. The molecule has 2 aromatic carbocycles. The van der Waals surface area contributed by atoms with Crippen LogP contribution in [0.4, 0.5) is 5.69 Å². The number of ether oxygens (including phenoxy) is 2. The third kappa shape index (κ3) is 4.19. The van der Waals surface area contributed by atoms with Crippen molar-refractivity contribution < 1.29 is 9.47 Å². The number of rotatable bonds is 4. The SMILES string of the molecule is COc1cccc(Oc2ccc(NC(C)(C)C)cc2)c1. The van der Waals surface area contributed by atoms with Crippen LogP contribution < -0.4 is 14.8 Å². The van der Waals surface area contributed by atoms with Crippen molar-refractivity contribution in [2.24, 2.45) is 0 Å². The van der Waals surface area contributed by atoms with E-state index < -0.39 is 0 Å². The Kier molecular flexibility index (Phi) is 4.18. The monoisotopic (exact) mass is 271 g/mol. The van der Waals surface area contributed by atoms with Gasteiger partial charge in [0.05, 0.1) is 7.11 Å². The van der Waals surface area contributed by atoms with Crippen LogP contribution >= 0.6 is 0 Å². The molecule has 0 aliphatic carbocycles. The molecule has 0 bridgehead atoms. The summed E-state index contributed by atoms with van der Waals surface area (Å²) in [6.07, 6.45) is 0. The Morgan fingerprint density at radius 2 is 1.50 bits per heavy atom. The summed E-state index contributed by atoms with van der Waals surface area (Å²) in [6, 6.07) is 15.5. The summed E-state index contributed by atoms with van der Waals surface area (Å²) in [6.45, 7) is 6.40. The fraction of sp³-hybridized carbons (Fsp3) is 0.294. The van der Waals surface area contributed by atoms with E-state index in [9.17, 15) is 0 Å². The van der Waals surface area contributed by atoms with Crippen LogP contribution in [0.25, 0.3) is 0 Å². The summed E-state index contributed by atoms with van der Waals surface area (Å²) < 4.78 is 11.0. The summed E-state index contributed by atoms with van der Waals surface area (Å²) >= 11 is 0. The molecule has 1 N–H and O–H groups in total. The van der Waals surface area contributed by atoms with E-state index >= 15 is 0 Å². The zero-order valence-electron chi connectivity index (χ0n) is 12.4. The lowest BCUT2D eigenvalue weighted by Gasteiger charge is -2.22. The second-order valence-corrected chi connectivity index (χ2v) is 5.68. The van der Waals surface area contributed by atoms with Crippen molar-refractivity contribution >= 4 is 5.69 Å². The Labute approximate surface area is 120 Å². The molecule has 20 heavy (non-hydrogen) atoms. The first-order valence-electron chi connectivity index (χ1n) is 6.66. The molecule has 106 valence electrons. The van der Waals surface area contributed by atoms with Gasteiger partial charge in [-0.15, -0.1) is 0 Å². The van der Waals surface area contributed by atoms with E-state index in [1.165, 1.54) is 0 Å². The third-order valence-electron chi connectivity index (χ3n) is 2.65. The van der Waals surface area contributed by atoms with Gasteiger partial charge in [-0.05, 0) is 57.2 Å². The summed E-state index contributed by atoms with van der Waals surface area (Å²) in [5.74, 6) is 2.35. The van der Waals surface area contributed by atoms with Gasteiger partial charge in [0, 0.05) is 17.3 Å². The van der Waals surface area contributed by atoms with Gasteiger partial charge in [-0.1, -0.05) is 6.07 Å². The van der Waals surface area contributed by atoms with Crippen molar-refractivity contribution in [3.05, 3.63) is 48.5 Å². The minimum absolute atomic E-state index is 0.0508. The number of methoxy groups -OCH3 is 1. The first-order valence-corrected chi connectivity index (χ1v) is 6.66. The maximum Gasteiger partial charge on any atom is 0.131 e. The second kappa shape index (κ2) is 5.87. The Bertz CT molecular complexity index is 556. The van der Waals surface area contributed by atoms with Gasteiger partial charge in [0.15, 0.2) is 0 Å². The Morgan fingerprint density at radius 3 is 2.10 bits per heavy atom. The predicted molar refractivity (Wildman–Crippen MR) is 82.9 cm³/mol. The number of nitrogens with one attached hydrogen (secondary N) is 1. The molecule has 2 aromatic rings. The van der Waals surface area contributed by atoms with E-state index in [1.54, 1.807) is 7.11 Å². The highest BCUT2D eigenvalue weighted by Gasteiger charge is 2.09. The summed E-state index contributed by atoms with van der Waals surface area (Å²) in [7, 11) is 1.64. The second-order valence-electron chi connectivity index (χ2n) is 5.68. The molecule has 0 saturated carbocycles. The van der Waals surface area contributed by atoms with Crippen LogP contribution in [0.15, 0.2) is 48.5 Å². The molecule has 0 amide bonds. The lowest BCUT2D eigenvalue weighted by atomic mass is 10.1. The predicted octanol–water partition coefficient (Wildman–Crippen LogP) is 4.70. The van der Waals surface area contributed by atoms with Crippen molar-refractivity contribution in [3.8, 4) is 17.2 Å². The topological polar surface area (TPSA) is 30.5 Å². The fourth-order valence-corrected chi connectivity index (χ4v) is 1.84. The highest BCUT2D eigenvalue weighted by Crippen LogP contribution is 2.26. The van der Waals surface area contributed by atoms with Gasteiger partial charge >= 0.3 is 0 Å². The number of anilines is 1. The first-order chi connectivity index (χ1) is 9.46. The first kappa shape index (κ1) is 14.3. The van der Waals surface area contributed by atoms with Crippen LogP contribution in [0.1, 0.15) is 20.8 Å². The van der Waals surface area contributed by atoms with E-state index in [2.05, 4.69) is 26.1 Å². The molecule has 0 unspecified atom stereocenters. The molecule has 0 aliphatic rings. The van der Waals surface area contributed by atoms with Crippen LogP contribution in [0.2, 0.25) is 0 Å². The molecule has 0 radical (unpaired) electrons. The van der Waals surface area contributed by atoms with Crippen molar-refractivity contribution in [3.63, 3.8) is 0 Å². The van der Waals surface area contributed by atoms with Crippen molar-refractivity contribution in [2.45, 2.75) is 26.3 Å². The van der Waals surface area contributed by atoms with Gasteiger partial charge in [-0.3, -0.25) is 0 Å². The third-order valence-corrected chi connectivity index (χ3v) is 2.65. The minimum Gasteiger partial charge on any atom is -0.497 e. The molecule has 2 rings (SSSR count). The maximum atomic E-state index is 5.80. The smallest absolute Gasteiger partial charge is 0.131 e. The minimum atomic E-state index is 0.0508. The largest absolute Gasteiger partial charge is 0.497 e. The average molecular weight is 271 g/mol. The zero-order chi connectivity index (χ0) is 14.6. The highest BCUT2D eigenvalue weighted by atomic mass is 16.5. The normalized spacial score (nSPS) is 11.0. The molecule has 0 aromatic heterocycles. The van der Waals surface area contributed by atoms with Gasteiger partial charge in [-0.2, -0.15) is 0 Å². The summed E-state index contributed by atoms with van der Waals surface area (Å²) in [5.41, 5.74) is 1.13. The Hall–Kier alpha value is -2.16. The molecule has 0 spiro atoms. The van der Waals surface area contributed by atoms with E-state index in [-0.39, 0.29) is 5.54 Å². The fourth-order valence-electron chi connectivity index (χ4n) is 1.84. The van der Waals surface area contributed by atoms with Gasteiger partial charge in [0.1, 0.15) is 17.2 Å². The Balaban J connectivity index is 2.06. The average Bonchev–Trinajstić information content (AvgIpc) is 2.40. The molecule has 3 nitrogen and oxygen atoms in total. The quantitative estimate of drug-likeness (QED) is 0.874. The molecule has 0 fully saturated rings. The number of hydrogen-bond donors (Lipinski definition) is 1. The number of benzene rings is 2. The van der Waals surface area contributed by atoms with Gasteiger partial charge in [0.2, 0.25) is 0 Å². The van der Waals surface area contributed by atoms with Crippen LogP contribution in [-0.2, 0) is 0 Å². The van der Waals surface area contributed by atoms with Crippen molar-refractivity contribution in [1.29, 1.82) is 0 Å². The number of hydrogen-bond acceptors (Lipinski definition) is 3. The molecule has 3 heteroatoms. The van der Waals surface area contributed by atoms with E-state index in [0.29, 0.717) is 0 Å². The molecule has 0 saturated heterocycles. The summed E-state index contributed by atoms with van der Waals surface area (Å²) in [5, 5.41) is 3.41. The lowest BCUT2D eigenvalue weighted by molar-refractivity contribution is 0.409. The molecular formula is C17H21NO2. The standard InChI is InChI=1S/C17H21NO2/c1-17(2,3)18-13-8-10-14(11-9-13)20-16-7-5-6-15(12-16)19-4/h5-12,18H,1-4H3. The van der Waals surface area contributed by atoms with Crippen LogP contribution in [0.5, 0.6) is 17.2 Å². The van der Waals surface area contributed by atoms with Crippen molar-refractivity contribution in [2.75, 3.05) is 12.4 Å². The molecule has 0 atom stereocenters. The lowest BCUT2D eigenvalue weighted by Crippen LogP contribution is -2.25. The van der Waals surface area contributed by atoms with Gasteiger partial charge in [0.25, 0.3) is 0 Å².